The Bertz CT molecular complexity index is 1040. The molecule has 0 saturated heterocycles. The largest absolute Gasteiger partial charge is 0.494 e. The van der Waals surface area contributed by atoms with Crippen LogP contribution in [0.4, 0.5) is 0 Å². The molecule has 3 rings (SSSR count). The van der Waals surface area contributed by atoms with Crippen LogP contribution >= 0.6 is 0 Å². The van der Waals surface area contributed by atoms with Crippen molar-refractivity contribution in [3.8, 4) is 17.0 Å². The van der Waals surface area contributed by atoms with Gasteiger partial charge >= 0.3 is 5.97 Å². The molecule has 8 nitrogen and oxygen atoms in total. The second kappa shape index (κ2) is 8.55. The molecule has 0 radical (unpaired) electrons. The second-order valence-corrected chi connectivity index (χ2v) is 6.63. The fraction of sp³-hybridized carbons (Fsp3) is 0.238. The van der Waals surface area contributed by atoms with Gasteiger partial charge in [0.1, 0.15) is 17.1 Å². The molecule has 0 fully saturated rings. The molecule has 0 aliphatic carbocycles. The molecule has 2 N–H and O–H groups in total. The van der Waals surface area contributed by atoms with E-state index in [9.17, 15) is 14.7 Å². The molecule has 150 valence electrons. The standard InChI is InChI=1S/C21H22N4O4/c1-13-6-4-5-7-15(13)17(10-19(26)27)24-21(28)16-8-9-18(29-3)20(23-16)14-11-22-25(2)12-14/h4-9,11-12,17H,10H2,1-3H3,(H,24,28)(H,26,27). The number of amides is 1. The number of hydrogen-bond acceptors (Lipinski definition) is 5. The SMILES string of the molecule is COc1ccc(C(=O)NC(CC(=O)O)c2ccccc2C)nc1-c1cnn(C)c1. The zero-order valence-corrected chi connectivity index (χ0v) is 16.4. The van der Waals surface area contributed by atoms with Crippen molar-refractivity contribution < 1.29 is 19.4 Å². The molecule has 1 atom stereocenters. The van der Waals surface area contributed by atoms with Crippen LogP contribution in [0.5, 0.6) is 5.75 Å². The Kier molecular flexibility index (Phi) is 5.92. The van der Waals surface area contributed by atoms with Crippen LogP contribution in [-0.2, 0) is 11.8 Å². The monoisotopic (exact) mass is 394 g/mol. The van der Waals surface area contributed by atoms with Gasteiger partial charge in [0.25, 0.3) is 5.91 Å². The highest BCUT2D eigenvalue weighted by Crippen LogP contribution is 2.28. The third-order valence-electron chi connectivity index (χ3n) is 4.54. The minimum atomic E-state index is -1.00. The predicted octanol–water partition coefficient (Wildman–Crippen LogP) is 2.74. The Morgan fingerprint density at radius 1 is 1.24 bits per heavy atom. The summed E-state index contributed by atoms with van der Waals surface area (Å²) in [6.07, 6.45) is 3.17. The molecule has 0 spiro atoms. The fourth-order valence-corrected chi connectivity index (χ4v) is 3.11. The van der Waals surface area contributed by atoms with Crippen molar-refractivity contribution in [1.82, 2.24) is 20.1 Å². The molecule has 0 aliphatic heterocycles. The molecule has 1 amide bonds. The van der Waals surface area contributed by atoms with E-state index in [1.165, 1.54) is 7.11 Å². The van der Waals surface area contributed by atoms with Crippen molar-refractivity contribution in [2.75, 3.05) is 7.11 Å². The highest BCUT2D eigenvalue weighted by atomic mass is 16.5. The summed E-state index contributed by atoms with van der Waals surface area (Å²) in [6, 6.07) is 9.90. The number of aryl methyl sites for hydroxylation is 2. The van der Waals surface area contributed by atoms with Crippen LogP contribution in [0.3, 0.4) is 0 Å². The first kappa shape index (κ1) is 20.1. The number of pyridine rings is 1. The number of benzene rings is 1. The zero-order valence-electron chi connectivity index (χ0n) is 16.4. The summed E-state index contributed by atoms with van der Waals surface area (Å²) < 4.78 is 6.98. The van der Waals surface area contributed by atoms with Gasteiger partial charge in [-0.3, -0.25) is 14.3 Å². The zero-order chi connectivity index (χ0) is 21.0. The highest BCUT2D eigenvalue weighted by Gasteiger charge is 2.22. The van der Waals surface area contributed by atoms with Gasteiger partial charge < -0.3 is 15.2 Å². The molecular formula is C21H22N4O4. The number of hydrogen-bond donors (Lipinski definition) is 2. The minimum Gasteiger partial charge on any atom is -0.494 e. The summed E-state index contributed by atoms with van der Waals surface area (Å²) in [4.78, 5) is 28.7. The summed E-state index contributed by atoms with van der Waals surface area (Å²) in [6.45, 7) is 1.88. The summed E-state index contributed by atoms with van der Waals surface area (Å²) in [5, 5.41) is 16.2. The lowest BCUT2D eigenvalue weighted by Crippen LogP contribution is -2.31. The van der Waals surface area contributed by atoms with E-state index in [0.717, 1.165) is 11.1 Å². The molecular weight excluding hydrogens is 372 g/mol. The van der Waals surface area contributed by atoms with Crippen LogP contribution < -0.4 is 10.1 Å². The number of nitrogens with one attached hydrogen (secondary N) is 1. The average molecular weight is 394 g/mol. The van der Waals surface area contributed by atoms with E-state index in [-0.39, 0.29) is 12.1 Å². The van der Waals surface area contributed by atoms with Crippen molar-refractivity contribution in [3.63, 3.8) is 0 Å². The minimum absolute atomic E-state index is 0.161. The maximum Gasteiger partial charge on any atom is 0.305 e. The lowest BCUT2D eigenvalue weighted by atomic mass is 9.98. The van der Waals surface area contributed by atoms with Crippen LogP contribution in [0.2, 0.25) is 0 Å². The lowest BCUT2D eigenvalue weighted by molar-refractivity contribution is -0.137. The number of carboxylic acids is 1. The Morgan fingerprint density at radius 2 is 2.00 bits per heavy atom. The van der Waals surface area contributed by atoms with E-state index < -0.39 is 17.9 Å². The first-order valence-corrected chi connectivity index (χ1v) is 9.01. The normalized spacial score (nSPS) is 11.7. The number of carbonyl (C=O) groups is 2. The molecule has 2 heterocycles. The van der Waals surface area contributed by atoms with Gasteiger partial charge in [-0.15, -0.1) is 0 Å². The van der Waals surface area contributed by atoms with Gasteiger partial charge in [-0.25, -0.2) is 4.98 Å². The van der Waals surface area contributed by atoms with Gasteiger partial charge in [-0.2, -0.15) is 5.10 Å². The van der Waals surface area contributed by atoms with Gasteiger partial charge in [-0.05, 0) is 30.2 Å². The van der Waals surface area contributed by atoms with Gasteiger partial charge in [0, 0.05) is 18.8 Å². The summed E-state index contributed by atoms with van der Waals surface area (Å²) in [5.74, 6) is -0.958. The number of nitrogens with zero attached hydrogens (tertiary/aromatic N) is 3. The van der Waals surface area contributed by atoms with Crippen molar-refractivity contribution in [2.24, 2.45) is 7.05 Å². The number of carbonyl (C=O) groups excluding carboxylic acids is 1. The van der Waals surface area contributed by atoms with Crippen LogP contribution in [-0.4, -0.2) is 38.9 Å². The molecule has 0 bridgehead atoms. The topological polar surface area (TPSA) is 106 Å². The molecule has 0 saturated carbocycles. The third-order valence-corrected chi connectivity index (χ3v) is 4.54. The van der Waals surface area contributed by atoms with E-state index in [2.05, 4.69) is 15.4 Å². The number of methoxy groups -OCH3 is 1. The van der Waals surface area contributed by atoms with Crippen LogP contribution in [0.25, 0.3) is 11.3 Å². The molecule has 29 heavy (non-hydrogen) atoms. The average Bonchev–Trinajstić information content (AvgIpc) is 3.13. The predicted molar refractivity (Wildman–Crippen MR) is 107 cm³/mol. The number of aromatic nitrogens is 3. The van der Waals surface area contributed by atoms with Gasteiger partial charge in [0.05, 0.1) is 25.8 Å². The van der Waals surface area contributed by atoms with Crippen molar-refractivity contribution in [1.29, 1.82) is 0 Å². The quantitative estimate of drug-likeness (QED) is 0.638. The molecule has 1 aromatic carbocycles. The maximum atomic E-state index is 12.9. The van der Waals surface area contributed by atoms with Gasteiger partial charge in [0.2, 0.25) is 0 Å². The molecule has 0 aliphatic rings. The van der Waals surface area contributed by atoms with Crippen molar-refractivity contribution >= 4 is 11.9 Å². The number of rotatable bonds is 7. The lowest BCUT2D eigenvalue weighted by Gasteiger charge is -2.19. The second-order valence-electron chi connectivity index (χ2n) is 6.63. The smallest absolute Gasteiger partial charge is 0.305 e. The Balaban J connectivity index is 1.92. The van der Waals surface area contributed by atoms with Crippen molar-refractivity contribution in [2.45, 2.75) is 19.4 Å². The Morgan fingerprint density at radius 3 is 2.62 bits per heavy atom. The van der Waals surface area contributed by atoms with Crippen LogP contribution in [0, 0.1) is 6.92 Å². The molecule has 3 aromatic rings. The Labute approximate surface area is 168 Å². The van der Waals surface area contributed by atoms with Gasteiger partial charge in [-0.1, -0.05) is 24.3 Å². The van der Waals surface area contributed by atoms with Gasteiger partial charge in [0.15, 0.2) is 0 Å². The first-order valence-electron chi connectivity index (χ1n) is 9.01. The van der Waals surface area contributed by atoms with E-state index in [1.807, 2.05) is 31.2 Å². The number of ether oxygens (including phenoxy) is 1. The molecule has 2 aromatic heterocycles. The van der Waals surface area contributed by atoms with E-state index in [4.69, 9.17) is 4.74 Å². The third kappa shape index (κ3) is 4.60. The maximum absolute atomic E-state index is 12.9. The fourth-order valence-electron chi connectivity index (χ4n) is 3.11. The summed E-state index contributed by atoms with van der Waals surface area (Å²) in [7, 11) is 3.31. The van der Waals surface area contributed by atoms with Crippen LogP contribution in [0.1, 0.15) is 34.1 Å². The van der Waals surface area contributed by atoms with E-state index in [0.29, 0.717) is 17.0 Å². The Hall–Kier alpha value is -3.68. The summed E-state index contributed by atoms with van der Waals surface area (Å²) >= 11 is 0. The number of carboxylic acid groups (broad SMARTS) is 1. The molecule has 1 unspecified atom stereocenters. The molecule has 8 heteroatoms. The number of aliphatic carboxylic acids is 1. The van der Waals surface area contributed by atoms with E-state index >= 15 is 0 Å². The highest BCUT2D eigenvalue weighted by molar-refractivity contribution is 5.93. The van der Waals surface area contributed by atoms with Crippen LogP contribution in [0.15, 0.2) is 48.8 Å². The summed E-state index contributed by atoms with van der Waals surface area (Å²) in [5.41, 5.74) is 3.01. The van der Waals surface area contributed by atoms with Crippen molar-refractivity contribution in [3.05, 3.63) is 65.6 Å². The first-order chi connectivity index (χ1) is 13.9. The van der Waals surface area contributed by atoms with E-state index in [1.54, 1.807) is 36.3 Å².